The molecule has 3 heterocycles. The number of aromatic nitrogens is 4. The van der Waals surface area contributed by atoms with Crippen LogP contribution in [0.3, 0.4) is 0 Å². The number of hydrogen-bond donors (Lipinski definition) is 2. The Bertz CT molecular complexity index is 594. The monoisotopic (exact) mass is 291 g/mol. The number of nitrogens with zero attached hydrogens (tertiary/aromatic N) is 4. The number of aryl methyl sites for hydroxylation is 2. The molecule has 0 radical (unpaired) electrons. The predicted octanol–water partition coefficient (Wildman–Crippen LogP) is 1.09. The van der Waals surface area contributed by atoms with Gasteiger partial charge in [0.1, 0.15) is 0 Å². The van der Waals surface area contributed by atoms with Crippen LogP contribution in [0.2, 0.25) is 0 Å². The number of anilines is 1. The number of β-amino-alcohol motifs (C(OH)–C–C–N with tert-alkyl or cyclic N) is 1. The second kappa shape index (κ2) is 5.85. The molecule has 0 aromatic carbocycles. The van der Waals surface area contributed by atoms with Gasteiger partial charge in [-0.05, 0) is 31.0 Å². The molecule has 21 heavy (non-hydrogen) atoms. The first-order valence-corrected chi connectivity index (χ1v) is 7.42. The van der Waals surface area contributed by atoms with Gasteiger partial charge in [-0.25, -0.2) is 0 Å². The Kier molecular flexibility index (Phi) is 3.92. The maximum Gasteiger partial charge on any atom is 0.266 e. The first kappa shape index (κ1) is 14.1. The lowest BCUT2D eigenvalue weighted by Gasteiger charge is -2.12. The quantitative estimate of drug-likeness (QED) is 0.857. The Morgan fingerprint density at radius 1 is 1.48 bits per heavy atom. The van der Waals surface area contributed by atoms with E-state index in [2.05, 4.69) is 27.3 Å². The summed E-state index contributed by atoms with van der Waals surface area (Å²) in [5.41, 5.74) is 2.02. The number of rotatable bonds is 5. The third kappa shape index (κ3) is 3.07. The van der Waals surface area contributed by atoms with Gasteiger partial charge in [0.15, 0.2) is 0 Å². The maximum atomic E-state index is 10.2. The van der Waals surface area contributed by atoms with E-state index in [1.807, 2.05) is 17.9 Å². The number of aliphatic hydroxyl groups excluding tert-OH is 1. The normalized spacial score (nSPS) is 22.1. The van der Waals surface area contributed by atoms with Crippen molar-refractivity contribution < 1.29 is 9.63 Å². The molecule has 1 fully saturated rings. The van der Waals surface area contributed by atoms with Crippen molar-refractivity contribution in [2.45, 2.75) is 39.2 Å². The van der Waals surface area contributed by atoms with Gasteiger partial charge < -0.3 is 14.5 Å². The van der Waals surface area contributed by atoms with Crippen LogP contribution in [0.15, 0.2) is 10.6 Å². The second-order valence-electron chi connectivity index (χ2n) is 5.72. The lowest BCUT2D eigenvalue weighted by Crippen LogP contribution is -2.22. The molecule has 2 N–H and O–H groups in total. The van der Waals surface area contributed by atoms with Gasteiger partial charge in [-0.15, -0.1) is 0 Å². The minimum Gasteiger partial charge on any atom is -0.391 e. The molecule has 3 rings (SSSR count). The fraction of sp³-hybridized carbons (Fsp3) is 0.643. The lowest BCUT2D eigenvalue weighted by atomic mass is 10.0. The third-order valence-electron chi connectivity index (χ3n) is 3.84. The molecule has 1 aliphatic heterocycles. The summed E-state index contributed by atoms with van der Waals surface area (Å²) in [6, 6.07) is 2.02. The van der Waals surface area contributed by atoms with Gasteiger partial charge in [0.25, 0.3) is 5.95 Å². The summed E-state index contributed by atoms with van der Waals surface area (Å²) in [5, 5.41) is 21.4. The van der Waals surface area contributed by atoms with Crippen LogP contribution < -0.4 is 4.90 Å². The van der Waals surface area contributed by atoms with Gasteiger partial charge >= 0.3 is 0 Å². The summed E-state index contributed by atoms with van der Waals surface area (Å²) in [6.07, 6.45) is 2.13. The molecule has 114 valence electrons. The smallest absolute Gasteiger partial charge is 0.266 e. The van der Waals surface area contributed by atoms with Gasteiger partial charge in [0.05, 0.1) is 11.8 Å². The number of aromatic amines is 1. The Hall–Kier alpha value is -1.89. The van der Waals surface area contributed by atoms with Crippen molar-refractivity contribution in [2.75, 3.05) is 18.0 Å². The molecule has 1 saturated heterocycles. The number of aliphatic hydroxyl groups is 1. The van der Waals surface area contributed by atoms with E-state index in [0.717, 1.165) is 37.2 Å². The average molecular weight is 291 g/mol. The Balaban J connectivity index is 1.64. The molecule has 0 spiro atoms. The minimum atomic E-state index is -0.393. The van der Waals surface area contributed by atoms with Crippen molar-refractivity contribution >= 4 is 5.95 Å². The van der Waals surface area contributed by atoms with Crippen molar-refractivity contribution in [1.82, 2.24) is 20.3 Å². The topological polar surface area (TPSA) is 91.1 Å². The highest BCUT2D eigenvalue weighted by atomic mass is 16.5. The van der Waals surface area contributed by atoms with Crippen molar-refractivity contribution in [3.05, 3.63) is 23.3 Å². The first-order chi connectivity index (χ1) is 10.2. The van der Waals surface area contributed by atoms with Crippen LogP contribution in [0, 0.1) is 12.8 Å². The summed E-state index contributed by atoms with van der Waals surface area (Å²) in [4.78, 5) is 6.36. The average Bonchev–Trinajstić information content (AvgIpc) is 3.13. The molecule has 0 bridgehead atoms. The molecule has 2 aromatic heterocycles. The Morgan fingerprint density at radius 2 is 2.33 bits per heavy atom. The van der Waals surface area contributed by atoms with Gasteiger partial charge in [-0.1, -0.05) is 6.92 Å². The lowest BCUT2D eigenvalue weighted by molar-refractivity contribution is 0.147. The van der Waals surface area contributed by atoms with Crippen LogP contribution in [-0.4, -0.2) is 44.6 Å². The molecular weight excluding hydrogens is 270 g/mol. The first-order valence-electron chi connectivity index (χ1n) is 7.42. The largest absolute Gasteiger partial charge is 0.391 e. The summed E-state index contributed by atoms with van der Waals surface area (Å²) in [7, 11) is 0. The molecule has 2 aromatic rings. The van der Waals surface area contributed by atoms with Crippen LogP contribution in [-0.2, 0) is 12.8 Å². The van der Waals surface area contributed by atoms with Crippen LogP contribution in [0.1, 0.15) is 30.6 Å². The van der Waals surface area contributed by atoms with Gasteiger partial charge in [-0.2, -0.15) is 10.1 Å². The number of H-pyrrole nitrogens is 1. The molecule has 0 amide bonds. The van der Waals surface area contributed by atoms with Gasteiger partial charge in [-0.3, -0.25) is 5.10 Å². The predicted molar refractivity (Wildman–Crippen MR) is 77.0 cm³/mol. The highest BCUT2D eigenvalue weighted by molar-refractivity contribution is 5.31. The molecule has 1 aliphatic rings. The van der Waals surface area contributed by atoms with Crippen molar-refractivity contribution in [1.29, 1.82) is 0 Å². The SMILES string of the molecule is CCCc1nc(N2C[C@@H](Cc3cc(C)[nH]n3)[C@H](O)C2)no1. The summed E-state index contributed by atoms with van der Waals surface area (Å²) >= 11 is 0. The second-order valence-corrected chi connectivity index (χ2v) is 5.72. The highest BCUT2D eigenvalue weighted by Crippen LogP contribution is 2.24. The van der Waals surface area contributed by atoms with E-state index in [9.17, 15) is 5.11 Å². The molecule has 7 heteroatoms. The van der Waals surface area contributed by atoms with Crippen LogP contribution in [0.5, 0.6) is 0 Å². The van der Waals surface area contributed by atoms with Crippen LogP contribution in [0.25, 0.3) is 0 Å². The van der Waals surface area contributed by atoms with Gasteiger partial charge in [0, 0.05) is 31.1 Å². The number of hydrogen-bond acceptors (Lipinski definition) is 6. The van der Waals surface area contributed by atoms with Crippen molar-refractivity contribution in [3.8, 4) is 0 Å². The third-order valence-corrected chi connectivity index (χ3v) is 3.84. The van der Waals surface area contributed by atoms with E-state index >= 15 is 0 Å². The van der Waals surface area contributed by atoms with E-state index in [1.165, 1.54) is 0 Å². The zero-order valence-corrected chi connectivity index (χ0v) is 12.4. The fourth-order valence-corrected chi connectivity index (χ4v) is 2.76. The summed E-state index contributed by atoms with van der Waals surface area (Å²) < 4.78 is 5.21. The molecule has 0 aliphatic carbocycles. The van der Waals surface area contributed by atoms with E-state index in [4.69, 9.17) is 4.52 Å². The fourth-order valence-electron chi connectivity index (χ4n) is 2.76. The van der Waals surface area contributed by atoms with Gasteiger partial charge in [0.2, 0.25) is 5.89 Å². The molecule has 0 saturated carbocycles. The summed E-state index contributed by atoms with van der Waals surface area (Å²) in [5.74, 6) is 1.38. The zero-order chi connectivity index (χ0) is 14.8. The van der Waals surface area contributed by atoms with E-state index in [-0.39, 0.29) is 5.92 Å². The Morgan fingerprint density at radius 3 is 3.05 bits per heavy atom. The van der Waals surface area contributed by atoms with E-state index in [0.29, 0.717) is 18.4 Å². The molecule has 2 atom stereocenters. The standard InChI is InChI=1S/C14H21N5O2/c1-3-4-13-15-14(18-21-13)19-7-10(12(20)8-19)6-11-5-9(2)16-17-11/h5,10,12,20H,3-4,6-8H2,1-2H3,(H,16,17)/t10-,12-/m1/s1. The minimum absolute atomic E-state index is 0.140. The highest BCUT2D eigenvalue weighted by Gasteiger charge is 2.34. The van der Waals surface area contributed by atoms with Crippen molar-refractivity contribution in [2.24, 2.45) is 5.92 Å². The van der Waals surface area contributed by atoms with Crippen LogP contribution >= 0.6 is 0 Å². The molecule has 0 unspecified atom stereocenters. The molecular formula is C14H21N5O2. The maximum absolute atomic E-state index is 10.2. The zero-order valence-electron chi connectivity index (χ0n) is 12.4. The Labute approximate surface area is 123 Å². The summed E-state index contributed by atoms with van der Waals surface area (Å²) in [6.45, 7) is 5.31. The number of nitrogens with one attached hydrogen (secondary N) is 1. The van der Waals surface area contributed by atoms with E-state index < -0.39 is 6.10 Å². The van der Waals surface area contributed by atoms with Crippen molar-refractivity contribution in [3.63, 3.8) is 0 Å². The van der Waals surface area contributed by atoms with E-state index in [1.54, 1.807) is 0 Å². The van der Waals surface area contributed by atoms with Crippen LogP contribution in [0.4, 0.5) is 5.95 Å². The molecule has 7 nitrogen and oxygen atoms in total.